The third-order valence-corrected chi connectivity index (χ3v) is 4.11. The van der Waals surface area contributed by atoms with Crippen LogP contribution in [0.5, 0.6) is 5.88 Å². The molecule has 0 spiro atoms. The van der Waals surface area contributed by atoms with Gasteiger partial charge in [0.2, 0.25) is 5.88 Å². The van der Waals surface area contributed by atoms with E-state index >= 15 is 0 Å². The maximum absolute atomic E-state index is 12.6. The lowest BCUT2D eigenvalue weighted by molar-refractivity contribution is -0.0304. The first-order valence-corrected chi connectivity index (χ1v) is 6.94. The topological polar surface area (TPSA) is 56.6 Å². The third kappa shape index (κ3) is 1.82. The molecular weight excluding hydrogens is 246 g/mol. The fraction of sp³-hybridized carbons (Fsp3) is 0.692. The summed E-state index contributed by atoms with van der Waals surface area (Å²) in [7, 11) is 0. The second-order valence-electron chi connectivity index (χ2n) is 5.46. The number of likely N-dealkylation sites (tertiary alicyclic amines) is 1. The van der Waals surface area contributed by atoms with Crippen LogP contribution in [-0.4, -0.2) is 52.5 Å². The van der Waals surface area contributed by atoms with Gasteiger partial charge in [0.15, 0.2) is 0 Å². The third-order valence-electron chi connectivity index (χ3n) is 4.11. The quantitative estimate of drug-likeness (QED) is 0.747. The van der Waals surface area contributed by atoms with Crippen molar-refractivity contribution in [3.63, 3.8) is 0 Å². The minimum Gasteiger partial charge on any atom is -0.477 e. The van der Waals surface area contributed by atoms with E-state index in [-0.39, 0.29) is 18.1 Å². The highest BCUT2D eigenvalue weighted by Crippen LogP contribution is 2.29. The molecule has 1 aromatic heterocycles. The highest BCUT2D eigenvalue weighted by molar-refractivity contribution is 5.96. The van der Waals surface area contributed by atoms with Gasteiger partial charge in [0.05, 0.1) is 25.0 Å². The summed E-state index contributed by atoms with van der Waals surface area (Å²) in [5.74, 6) is 0.665. The van der Waals surface area contributed by atoms with E-state index in [9.17, 15) is 4.79 Å². The molecule has 4 heterocycles. The van der Waals surface area contributed by atoms with Crippen LogP contribution in [0.25, 0.3) is 0 Å². The summed E-state index contributed by atoms with van der Waals surface area (Å²) in [5, 5.41) is 4.24. The minimum atomic E-state index is 0.0309. The van der Waals surface area contributed by atoms with Crippen molar-refractivity contribution in [1.29, 1.82) is 0 Å². The highest BCUT2D eigenvalue weighted by atomic mass is 16.5. The molecule has 2 atom stereocenters. The summed E-state index contributed by atoms with van der Waals surface area (Å²) in [6, 6.07) is 0. The number of carbonyl (C=O) groups excluding carboxylic acids is 1. The summed E-state index contributed by atoms with van der Waals surface area (Å²) < 4.78 is 13.1. The first kappa shape index (κ1) is 11.3. The second-order valence-corrected chi connectivity index (χ2v) is 5.46. The maximum atomic E-state index is 12.6. The van der Waals surface area contributed by atoms with Gasteiger partial charge in [-0.2, -0.15) is 5.10 Å². The number of aryl methyl sites for hydroxylation is 1. The van der Waals surface area contributed by atoms with Crippen LogP contribution >= 0.6 is 0 Å². The molecule has 19 heavy (non-hydrogen) atoms. The molecule has 4 rings (SSSR count). The summed E-state index contributed by atoms with van der Waals surface area (Å²) in [5.41, 5.74) is 0.598. The zero-order valence-corrected chi connectivity index (χ0v) is 10.7. The standard InChI is InChI=1S/C13H17N3O3/c17-12(15-7-9-2-3-10(8-15)19-9)11-6-14-16-4-1-5-18-13(11)16/h6,9-10H,1-5,7-8H2. The number of amides is 1. The van der Waals surface area contributed by atoms with Crippen molar-refractivity contribution in [3.05, 3.63) is 11.8 Å². The fourth-order valence-electron chi connectivity index (χ4n) is 3.17. The van der Waals surface area contributed by atoms with E-state index in [0.717, 1.165) is 25.8 Å². The van der Waals surface area contributed by atoms with Crippen molar-refractivity contribution in [2.24, 2.45) is 0 Å². The normalized spacial score (nSPS) is 28.9. The van der Waals surface area contributed by atoms with E-state index in [1.165, 1.54) is 0 Å². The number of hydrogen-bond donors (Lipinski definition) is 0. The summed E-state index contributed by atoms with van der Waals surface area (Å²) in [6.45, 7) is 2.89. The summed E-state index contributed by atoms with van der Waals surface area (Å²) >= 11 is 0. The van der Waals surface area contributed by atoms with E-state index in [4.69, 9.17) is 9.47 Å². The summed E-state index contributed by atoms with van der Waals surface area (Å²) in [4.78, 5) is 14.5. The number of hydrogen-bond acceptors (Lipinski definition) is 4. The Morgan fingerprint density at radius 3 is 2.89 bits per heavy atom. The van der Waals surface area contributed by atoms with Gasteiger partial charge in [0.1, 0.15) is 5.56 Å². The van der Waals surface area contributed by atoms with Crippen molar-refractivity contribution in [2.45, 2.75) is 38.0 Å². The van der Waals surface area contributed by atoms with Gasteiger partial charge in [0, 0.05) is 26.1 Å². The zero-order valence-electron chi connectivity index (χ0n) is 10.7. The molecule has 2 saturated heterocycles. The average Bonchev–Trinajstić information content (AvgIpc) is 3.01. The number of morpholine rings is 1. The molecule has 6 heteroatoms. The number of rotatable bonds is 1. The Bertz CT molecular complexity index is 501. The minimum absolute atomic E-state index is 0.0309. The van der Waals surface area contributed by atoms with Crippen LogP contribution in [0, 0.1) is 0 Å². The largest absolute Gasteiger partial charge is 0.477 e. The van der Waals surface area contributed by atoms with Crippen LogP contribution in [0.1, 0.15) is 29.6 Å². The van der Waals surface area contributed by atoms with Crippen LogP contribution in [0.3, 0.4) is 0 Å². The molecule has 6 nitrogen and oxygen atoms in total. The van der Waals surface area contributed by atoms with Crippen LogP contribution < -0.4 is 4.74 Å². The Hall–Kier alpha value is -1.56. The van der Waals surface area contributed by atoms with Gasteiger partial charge >= 0.3 is 0 Å². The molecule has 3 aliphatic heterocycles. The Balaban J connectivity index is 1.58. The average molecular weight is 263 g/mol. The van der Waals surface area contributed by atoms with Gasteiger partial charge in [-0.3, -0.25) is 4.79 Å². The molecular formula is C13H17N3O3. The first-order chi connectivity index (χ1) is 9.31. The smallest absolute Gasteiger partial charge is 0.261 e. The molecule has 3 aliphatic rings. The lowest BCUT2D eigenvalue weighted by atomic mass is 10.2. The Kier molecular flexibility index (Phi) is 2.51. The number of aromatic nitrogens is 2. The Labute approximate surface area is 111 Å². The molecule has 0 radical (unpaired) electrons. The molecule has 1 aromatic rings. The SMILES string of the molecule is O=C(c1cnn2c1OCCC2)N1CC2CCC(C1)O2. The highest BCUT2D eigenvalue weighted by Gasteiger charge is 2.37. The van der Waals surface area contributed by atoms with Gasteiger partial charge in [-0.25, -0.2) is 4.68 Å². The van der Waals surface area contributed by atoms with E-state index in [1.807, 2.05) is 4.90 Å². The van der Waals surface area contributed by atoms with Crippen molar-refractivity contribution < 1.29 is 14.3 Å². The molecule has 0 N–H and O–H groups in total. The molecule has 2 bridgehead atoms. The fourth-order valence-corrected chi connectivity index (χ4v) is 3.17. The molecule has 0 saturated carbocycles. The molecule has 0 aromatic carbocycles. The molecule has 102 valence electrons. The second kappa shape index (κ2) is 4.23. The number of fused-ring (bicyclic) bond motifs is 3. The van der Waals surface area contributed by atoms with Crippen molar-refractivity contribution in [2.75, 3.05) is 19.7 Å². The van der Waals surface area contributed by atoms with Gasteiger partial charge < -0.3 is 14.4 Å². The van der Waals surface area contributed by atoms with Gasteiger partial charge in [-0.1, -0.05) is 0 Å². The maximum Gasteiger partial charge on any atom is 0.261 e. The predicted molar refractivity (Wildman–Crippen MR) is 66.1 cm³/mol. The molecule has 2 fully saturated rings. The van der Waals surface area contributed by atoms with Gasteiger partial charge in [-0.05, 0) is 12.8 Å². The van der Waals surface area contributed by atoms with Crippen molar-refractivity contribution in [3.8, 4) is 5.88 Å². The monoisotopic (exact) mass is 263 g/mol. The summed E-state index contributed by atoms with van der Waals surface area (Å²) in [6.07, 6.45) is 5.16. The Morgan fingerprint density at radius 1 is 1.32 bits per heavy atom. The van der Waals surface area contributed by atoms with Crippen molar-refractivity contribution in [1.82, 2.24) is 14.7 Å². The van der Waals surface area contributed by atoms with Crippen LogP contribution in [0.15, 0.2) is 6.20 Å². The number of carbonyl (C=O) groups is 1. The van der Waals surface area contributed by atoms with E-state index < -0.39 is 0 Å². The lowest BCUT2D eigenvalue weighted by Crippen LogP contribution is -2.45. The number of nitrogens with zero attached hydrogens (tertiary/aromatic N) is 3. The molecule has 0 aliphatic carbocycles. The Morgan fingerprint density at radius 2 is 2.11 bits per heavy atom. The van der Waals surface area contributed by atoms with Gasteiger partial charge in [-0.15, -0.1) is 0 Å². The van der Waals surface area contributed by atoms with Crippen LogP contribution in [-0.2, 0) is 11.3 Å². The van der Waals surface area contributed by atoms with E-state index in [0.29, 0.717) is 31.1 Å². The van der Waals surface area contributed by atoms with E-state index in [2.05, 4.69) is 5.10 Å². The van der Waals surface area contributed by atoms with Gasteiger partial charge in [0.25, 0.3) is 5.91 Å². The zero-order chi connectivity index (χ0) is 12.8. The predicted octanol–water partition coefficient (Wildman–Crippen LogP) is 0.669. The molecule has 2 unspecified atom stereocenters. The van der Waals surface area contributed by atoms with Crippen LogP contribution in [0.2, 0.25) is 0 Å². The lowest BCUT2D eigenvalue weighted by Gasteiger charge is -2.32. The number of ether oxygens (including phenoxy) is 2. The van der Waals surface area contributed by atoms with Crippen LogP contribution in [0.4, 0.5) is 0 Å². The first-order valence-electron chi connectivity index (χ1n) is 6.94. The van der Waals surface area contributed by atoms with Crippen molar-refractivity contribution >= 4 is 5.91 Å². The van der Waals surface area contributed by atoms with E-state index in [1.54, 1.807) is 10.9 Å². The molecule has 1 amide bonds.